The smallest absolute Gasteiger partial charge is 0.191 e. The topological polar surface area (TPSA) is 57.7 Å². The van der Waals surface area contributed by atoms with E-state index in [-0.39, 0.29) is 41.6 Å². The monoisotopic (exact) mass is 508 g/mol. The Morgan fingerprint density at radius 1 is 1.14 bits per heavy atom. The molecule has 29 heavy (non-hydrogen) atoms. The standard InChI is InChI=1S/C23H32N4O.HI/c1-17(18-10-6-5-7-11-18)27-23(2,3)16-25-22(24-4)26-20-14-15-28-21-13-9-8-12-19(20)21;/h5-13,17,20,27H,14-16H2,1-4H3,(H2,24,25,26);1H. The second kappa shape index (κ2) is 10.8. The van der Waals surface area contributed by atoms with Crippen LogP contribution in [0.2, 0.25) is 0 Å². The number of hydrogen-bond acceptors (Lipinski definition) is 3. The molecule has 0 spiro atoms. The van der Waals surface area contributed by atoms with Crippen molar-refractivity contribution in [3.05, 3.63) is 65.7 Å². The summed E-state index contributed by atoms with van der Waals surface area (Å²) < 4.78 is 5.76. The van der Waals surface area contributed by atoms with Crippen LogP contribution in [0.3, 0.4) is 0 Å². The molecule has 0 radical (unpaired) electrons. The van der Waals surface area contributed by atoms with Crippen molar-refractivity contribution in [1.29, 1.82) is 0 Å². The first-order valence-electron chi connectivity index (χ1n) is 10.00. The molecule has 0 fully saturated rings. The molecule has 2 unspecified atom stereocenters. The van der Waals surface area contributed by atoms with E-state index >= 15 is 0 Å². The minimum Gasteiger partial charge on any atom is -0.493 e. The highest BCUT2D eigenvalue weighted by molar-refractivity contribution is 14.0. The normalized spacial score (nSPS) is 17.4. The number of nitrogens with one attached hydrogen (secondary N) is 3. The highest BCUT2D eigenvalue weighted by Gasteiger charge is 2.24. The van der Waals surface area contributed by atoms with Gasteiger partial charge in [-0.3, -0.25) is 4.99 Å². The van der Waals surface area contributed by atoms with Crippen LogP contribution < -0.4 is 20.7 Å². The van der Waals surface area contributed by atoms with Gasteiger partial charge in [0.25, 0.3) is 0 Å². The molecule has 0 bridgehead atoms. The van der Waals surface area contributed by atoms with Gasteiger partial charge in [-0.15, -0.1) is 24.0 Å². The highest BCUT2D eigenvalue weighted by Crippen LogP contribution is 2.31. The Bertz CT molecular complexity index is 794. The molecule has 0 saturated heterocycles. The van der Waals surface area contributed by atoms with Gasteiger partial charge in [-0.25, -0.2) is 0 Å². The number of hydrogen-bond donors (Lipinski definition) is 3. The summed E-state index contributed by atoms with van der Waals surface area (Å²) in [7, 11) is 1.81. The van der Waals surface area contributed by atoms with Gasteiger partial charge in [0.2, 0.25) is 0 Å². The van der Waals surface area contributed by atoms with E-state index in [2.05, 4.69) is 78.1 Å². The Kier molecular flexibility index (Phi) is 8.77. The van der Waals surface area contributed by atoms with Crippen molar-refractivity contribution in [2.45, 2.75) is 44.8 Å². The molecule has 0 saturated carbocycles. The lowest BCUT2D eigenvalue weighted by Gasteiger charge is -2.33. The average molecular weight is 508 g/mol. The molecule has 2 aromatic rings. The summed E-state index contributed by atoms with van der Waals surface area (Å²) in [5.41, 5.74) is 2.38. The third kappa shape index (κ3) is 6.60. The molecular formula is C23H33IN4O. The Morgan fingerprint density at radius 2 is 1.83 bits per heavy atom. The van der Waals surface area contributed by atoms with E-state index in [0.717, 1.165) is 24.7 Å². The Labute approximate surface area is 191 Å². The molecule has 2 aromatic carbocycles. The van der Waals surface area contributed by atoms with Gasteiger partial charge in [-0.05, 0) is 32.4 Å². The van der Waals surface area contributed by atoms with E-state index in [9.17, 15) is 0 Å². The molecule has 1 heterocycles. The summed E-state index contributed by atoms with van der Waals surface area (Å²) in [5, 5.41) is 10.7. The number of ether oxygens (including phenoxy) is 1. The number of aliphatic imine (C=N–C) groups is 1. The second-order valence-corrected chi connectivity index (χ2v) is 7.96. The van der Waals surface area contributed by atoms with E-state index < -0.39 is 0 Å². The maximum atomic E-state index is 5.76. The zero-order chi connectivity index (χ0) is 20.0. The third-order valence-corrected chi connectivity index (χ3v) is 5.10. The van der Waals surface area contributed by atoms with E-state index in [1.165, 1.54) is 11.1 Å². The molecule has 3 rings (SSSR count). The maximum absolute atomic E-state index is 5.76. The lowest BCUT2D eigenvalue weighted by Crippen LogP contribution is -2.52. The van der Waals surface area contributed by atoms with Crippen LogP contribution in [-0.2, 0) is 0 Å². The Balaban J connectivity index is 0.00000300. The molecule has 1 aliphatic heterocycles. The van der Waals surface area contributed by atoms with Gasteiger partial charge >= 0.3 is 0 Å². The molecule has 5 nitrogen and oxygen atoms in total. The number of rotatable bonds is 6. The summed E-state index contributed by atoms with van der Waals surface area (Å²) in [6.07, 6.45) is 0.921. The fourth-order valence-electron chi connectivity index (χ4n) is 3.62. The van der Waals surface area contributed by atoms with Gasteiger partial charge in [0, 0.05) is 37.2 Å². The lowest BCUT2D eigenvalue weighted by molar-refractivity contribution is 0.261. The molecule has 2 atom stereocenters. The lowest BCUT2D eigenvalue weighted by atomic mass is 10.0. The van der Waals surface area contributed by atoms with Crippen molar-refractivity contribution in [1.82, 2.24) is 16.0 Å². The van der Waals surface area contributed by atoms with Crippen molar-refractivity contribution in [3.8, 4) is 5.75 Å². The van der Waals surface area contributed by atoms with Gasteiger partial charge in [0.05, 0.1) is 12.6 Å². The number of fused-ring (bicyclic) bond motifs is 1. The number of para-hydroxylation sites is 1. The van der Waals surface area contributed by atoms with Crippen LogP contribution in [0.15, 0.2) is 59.6 Å². The third-order valence-electron chi connectivity index (χ3n) is 5.10. The number of guanidine groups is 1. The van der Waals surface area contributed by atoms with Crippen molar-refractivity contribution >= 4 is 29.9 Å². The van der Waals surface area contributed by atoms with Gasteiger partial charge in [-0.2, -0.15) is 0 Å². The van der Waals surface area contributed by atoms with Crippen molar-refractivity contribution in [2.75, 3.05) is 20.2 Å². The molecule has 0 aliphatic carbocycles. The fraction of sp³-hybridized carbons (Fsp3) is 0.435. The Morgan fingerprint density at radius 3 is 2.55 bits per heavy atom. The SMILES string of the molecule is CN=C(NCC(C)(C)NC(C)c1ccccc1)NC1CCOc2ccccc21.I. The largest absolute Gasteiger partial charge is 0.493 e. The number of benzene rings is 2. The minimum atomic E-state index is -0.0968. The molecule has 158 valence electrons. The zero-order valence-corrected chi connectivity index (χ0v) is 20.1. The van der Waals surface area contributed by atoms with E-state index in [1.807, 2.05) is 25.2 Å². The summed E-state index contributed by atoms with van der Waals surface area (Å²) >= 11 is 0. The van der Waals surface area contributed by atoms with Crippen LogP contribution in [0, 0.1) is 0 Å². The number of nitrogens with zero attached hydrogens (tertiary/aromatic N) is 1. The summed E-state index contributed by atoms with van der Waals surface area (Å²) in [6, 6.07) is 19.2. The van der Waals surface area contributed by atoms with Crippen LogP contribution in [0.5, 0.6) is 5.75 Å². The maximum Gasteiger partial charge on any atom is 0.191 e. The van der Waals surface area contributed by atoms with E-state index in [0.29, 0.717) is 6.61 Å². The van der Waals surface area contributed by atoms with E-state index in [4.69, 9.17) is 4.74 Å². The fourth-order valence-corrected chi connectivity index (χ4v) is 3.62. The highest BCUT2D eigenvalue weighted by atomic mass is 127. The molecule has 1 aliphatic rings. The predicted molar refractivity (Wildman–Crippen MR) is 131 cm³/mol. The quantitative estimate of drug-likeness (QED) is 0.307. The molecular weight excluding hydrogens is 475 g/mol. The first-order chi connectivity index (χ1) is 13.5. The van der Waals surface area contributed by atoms with Crippen LogP contribution in [-0.4, -0.2) is 31.7 Å². The molecule has 6 heteroatoms. The van der Waals surface area contributed by atoms with Gasteiger partial charge < -0.3 is 20.7 Å². The van der Waals surface area contributed by atoms with Crippen LogP contribution in [0.1, 0.15) is 50.4 Å². The second-order valence-electron chi connectivity index (χ2n) is 7.96. The molecule has 0 aromatic heterocycles. The van der Waals surface area contributed by atoms with E-state index in [1.54, 1.807) is 0 Å². The first-order valence-corrected chi connectivity index (χ1v) is 10.00. The van der Waals surface area contributed by atoms with Crippen molar-refractivity contribution < 1.29 is 4.74 Å². The van der Waals surface area contributed by atoms with Crippen LogP contribution >= 0.6 is 24.0 Å². The zero-order valence-electron chi connectivity index (χ0n) is 17.7. The average Bonchev–Trinajstić information content (AvgIpc) is 2.71. The van der Waals surface area contributed by atoms with Crippen LogP contribution in [0.25, 0.3) is 0 Å². The Hall–Kier alpha value is -1.80. The number of halogens is 1. The summed E-state index contributed by atoms with van der Waals surface area (Å²) in [4.78, 5) is 4.42. The van der Waals surface area contributed by atoms with Crippen LogP contribution in [0.4, 0.5) is 0 Å². The first kappa shape index (κ1) is 23.5. The van der Waals surface area contributed by atoms with Gasteiger partial charge in [0.1, 0.15) is 5.75 Å². The molecule has 0 amide bonds. The molecule has 3 N–H and O–H groups in total. The summed E-state index contributed by atoms with van der Waals surface area (Å²) in [5.74, 6) is 1.77. The predicted octanol–water partition coefficient (Wildman–Crippen LogP) is 4.42. The minimum absolute atomic E-state index is 0. The summed E-state index contributed by atoms with van der Waals surface area (Å²) in [6.45, 7) is 8.08. The van der Waals surface area contributed by atoms with Gasteiger partial charge in [-0.1, -0.05) is 48.5 Å². The van der Waals surface area contributed by atoms with Crippen molar-refractivity contribution in [3.63, 3.8) is 0 Å². The van der Waals surface area contributed by atoms with Crippen molar-refractivity contribution in [2.24, 2.45) is 4.99 Å². The van der Waals surface area contributed by atoms with Gasteiger partial charge in [0.15, 0.2) is 5.96 Å².